The maximum atomic E-state index is 12.9. The number of dihydropyridines is 1. The molecule has 0 bridgehead atoms. The van der Waals surface area contributed by atoms with Crippen LogP contribution in [0, 0.1) is 0 Å². The lowest BCUT2D eigenvalue weighted by molar-refractivity contribution is -0.137. The van der Waals surface area contributed by atoms with E-state index in [4.69, 9.17) is 19.2 Å². The van der Waals surface area contributed by atoms with Gasteiger partial charge in [0.05, 0.1) is 43.6 Å². The summed E-state index contributed by atoms with van der Waals surface area (Å²) in [6, 6.07) is 15.3. The van der Waals surface area contributed by atoms with E-state index in [0.717, 1.165) is 22.6 Å². The standard InChI is InChI=1S/C28H29N3O5S/c1-6-36-19-13-11-18(12-14-19)22-15-37-28(31-22)30-21-10-8-7-9-20(21)25-23(26(32)34-4)16(2)29-17(3)24(25)27(33)35-5/h7-15,25,29H,6H2,1-5H3,(H,30,31). The van der Waals surface area contributed by atoms with Gasteiger partial charge in [-0.05, 0) is 56.7 Å². The lowest BCUT2D eigenvalue weighted by Gasteiger charge is -2.31. The second kappa shape index (κ2) is 11.3. The third-order valence-corrected chi connectivity index (χ3v) is 6.81. The van der Waals surface area contributed by atoms with Crippen LogP contribution in [0.15, 0.2) is 76.5 Å². The van der Waals surface area contributed by atoms with Gasteiger partial charge in [0.2, 0.25) is 0 Å². The number of methoxy groups -OCH3 is 2. The molecule has 192 valence electrons. The van der Waals surface area contributed by atoms with Gasteiger partial charge in [-0.1, -0.05) is 18.2 Å². The summed E-state index contributed by atoms with van der Waals surface area (Å²) in [6.07, 6.45) is 0. The third-order valence-electron chi connectivity index (χ3n) is 6.05. The Kier molecular flexibility index (Phi) is 7.93. The van der Waals surface area contributed by atoms with Crippen molar-refractivity contribution < 1.29 is 23.8 Å². The van der Waals surface area contributed by atoms with Crippen molar-refractivity contribution in [1.29, 1.82) is 0 Å². The number of carbonyl (C=O) groups is 2. The van der Waals surface area contributed by atoms with Crippen LogP contribution in [0.3, 0.4) is 0 Å². The Balaban J connectivity index is 1.72. The van der Waals surface area contributed by atoms with E-state index >= 15 is 0 Å². The predicted molar refractivity (Wildman–Crippen MR) is 144 cm³/mol. The molecule has 3 aromatic rings. The number of para-hydroxylation sites is 1. The van der Waals surface area contributed by atoms with Gasteiger partial charge in [-0.3, -0.25) is 0 Å². The smallest absolute Gasteiger partial charge is 0.336 e. The van der Waals surface area contributed by atoms with E-state index in [1.165, 1.54) is 25.6 Å². The second-order valence-electron chi connectivity index (χ2n) is 8.33. The number of carbonyl (C=O) groups excluding carboxylic acids is 2. The van der Waals surface area contributed by atoms with E-state index in [1.807, 2.05) is 60.8 Å². The first-order valence-electron chi connectivity index (χ1n) is 11.8. The SMILES string of the molecule is CCOc1ccc(-c2csc(Nc3ccccc3C3C(C(=O)OC)=C(C)NC(C)=C3C(=O)OC)n2)cc1. The molecule has 0 unspecified atom stereocenters. The first-order chi connectivity index (χ1) is 17.9. The topological polar surface area (TPSA) is 98.8 Å². The average molecular weight is 520 g/mol. The quantitative estimate of drug-likeness (QED) is 0.375. The molecule has 0 saturated heterocycles. The molecule has 1 aromatic heterocycles. The Hall–Kier alpha value is -4.11. The number of esters is 2. The Morgan fingerprint density at radius 3 is 2.19 bits per heavy atom. The lowest BCUT2D eigenvalue weighted by Crippen LogP contribution is -2.32. The van der Waals surface area contributed by atoms with Crippen LogP contribution in [0.25, 0.3) is 11.3 Å². The van der Waals surface area contributed by atoms with Crippen LogP contribution >= 0.6 is 11.3 Å². The number of thiazole rings is 1. The number of allylic oxidation sites excluding steroid dienone is 2. The van der Waals surface area contributed by atoms with Crippen molar-refractivity contribution in [1.82, 2.24) is 10.3 Å². The fraction of sp³-hybridized carbons (Fsp3) is 0.250. The van der Waals surface area contributed by atoms with Gasteiger partial charge in [0.25, 0.3) is 0 Å². The summed E-state index contributed by atoms with van der Waals surface area (Å²) in [5.41, 5.74) is 5.15. The van der Waals surface area contributed by atoms with E-state index in [9.17, 15) is 9.59 Å². The molecule has 2 aromatic carbocycles. The third kappa shape index (κ3) is 5.36. The van der Waals surface area contributed by atoms with Gasteiger partial charge in [0, 0.05) is 28.0 Å². The Morgan fingerprint density at radius 2 is 1.59 bits per heavy atom. The van der Waals surface area contributed by atoms with Gasteiger partial charge in [0.1, 0.15) is 5.75 Å². The summed E-state index contributed by atoms with van der Waals surface area (Å²) < 4.78 is 15.7. The number of nitrogens with zero attached hydrogens (tertiary/aromatic N) is 1. The molecule has 9 heteroatoms. The highest BCUT2D eigenvalue weighted by molar-refractivity contribution is 7.14. The molecule has 4 rings (SSSR count). The first-order valence-corrected chi connectivity index (χ1v) is 12.7. The molecule has 0 radical (unpaired) electrons. The Bertz CT molecular complexity index is 1340. The zero-order valence-corrected chi connectivity index (χ0v) is 22.2. The van der Waals surface area contributed by atoms with Crippen LogP contribution in [0.5, 0.6) is 5.75 Å². The molecule has 0 fully saturated rings. The highest BCUT2D eigenvalue weighted by Gasteiger charge is 2.38. The summed E-state index contributed by atoms with van der Waals surface area (Å²) in [4.78, 5) is 30.5. The van der Waals surface area contributed by atoms with Crippen molar-refractivity contribution in [2.45, 2.75) is 26.7 Å². The fourth-order valence-corrected chi connectivity index (χ4v) is 5.13. The molecule has 37 heavy (non-hydrogen) atoms. The van der Waals surface area contributed by atoms with Crippen LogP contribution in [0.4, 0.5) is 10.8 Å². The van der Waals surface area contributed by atoms with Gasteiger partial charge in [-0.25, -0.2) is 14.6 Å². The van der Waals surface area contributed by atoms with Crippen LogP contribution in [-0.2, 0) is 19.1 Å². The maximum absolute atomic E-state index is 12.9. The highest BCUT2D eigenvalue weighted by atomic mass is 32.1. The van der Waals surface area contributed by atoms with E-state index in [2.05, 4.69) is 10.6 Å². The minimum Gasteiger partial charge on any atom is -0.494 e. The van der Waals surface area contributed by atoms with Gasteiger partial charge in [-0.2, -0.15) is 0 Å². The number of aromatic nitrogens is 1. The summed E-state index contributed by atoms with van der Waals surface area (Å²) in [5, 5.41) is 9.16. The number of ether oxygens (including phenoxy) is 3. The summed E-state index contributed by atoms with van der Waals surface area (Å²) in [6.45, 7) is 6.14. The summed E-state index contributed by atoms with van der Waals surface area (Å²) in [7, 11) is 2.65. The Labute approximate surface area is 220 Å². The van der Waals surface area contributed by atoms with Crippen molar-refractivity contribution in [2.24, 2.45) is 0 Å². The molecular formula is C28H29N3O5S. The monoisotopic (exact) mass is 519 g/mol. The minimum absolute atomic E-state index is 0.344. The summed E-state index contributed by atoms with van der Waals surface area (Å²) >= 11 is 1.46. The number of anilines is 2. The van der Waals surface area contributed by atoms with Gasteiger partial charge in [-0.15, -0.1) is 11.3 Å². The van der Waals surface area contributed by atoms with E-state index in [0.29, 0.717) is 40.0 Å². The number of hydrogen-bond acceptors (Lipinski definition) is 9. The van der Waals surface area contributed by atoms with Crippen molar-refractivity contribution in [2.75, 3.05) is 26.1 Å². The number of benzene rings is 2. The summed E-state index contributed by atoms with van der Waals surface area (Å²) in [5.74, 6) is -0.933. The van der Waals surface area contributed by atoms with E-state index in [1.54, 1.807) is 13.8 Å². The molecular weight excluding hydrogens is 490 g/mol. The second-order valence-corrected chi connectivity index (χ2v) is 9.18. The number of rotatable bonds is 8. The zero-order valence-electron chi connectivity index (χ0n) is 21.4. The molecule has 1 aliphatic heterocycles. The van der Waals surface area contributed by atoms with Crippen LogP contribution < -0.4 is 15.4 Å². The molecule has 0 spiro atoms. The van der Waals surface area contributed by atoms with E-state index < -0.39 is 17.9 Å². The predicted octanol–water partition coefficient (Wildman–Crippen LogP) is 5.53. The van der Waals surface area contributed by atoms with Crippen LogP contribution in [0.2, 0.25) is 0 Å². The molecule has 0 saturated carbocycles. The molecule has 0 aliphatic carbocycles. The first kappa shape index (κ1) is 26.0. The molecule has 0 amide bonds. The molecule has 0 atom stereocenters. The maximum Gasteiger partial charge on any atom is 0.336 e. The Morgan fingerprint density at radius 1 is 0.973 bits per heavy atom. The van der Waals surface area contributed by atoms with Crippen LogP contribution in [0.1, 0.15) is 32.3 Å². The largest absolute Gasteiger partial charge is 0.494 e. The van der Waals surface area contributed by atoms with Crippen LogP contribution in [-0.4, -0.2) is 37.7 Å². The van der Waals surface area contributed by atoms with Crippen molar-refractivity contribution >= 4 is 34.1 Å². The number of nitrogens with one attached hydrogen (secondary N) is 2. The van der Waals surface area contributed by atoms with Crippen molar-refractivity contribution in [3.8, 4) is 17.0 Å². The molecule has 8 nitrogen and oxygen atoms in total. The average Bonchev–Trinajstić information content (AvgIpc) is 3.37. The number of hydrogen-bond donors (Lipinski definition) is 2. The van der Waals surface area contributed by atoms with Gasteiger partial charge >= 0.3 is 11.9 Å². The van der Waals surface area contributed by atoms with Gasteiger partial charge < -0.3 is 24.8 Å². The molecule has 2 N–H and O–H groups in total. The minimum atomic E-state index is -0.699. The molecule has 2 heterocycles. The van der Waals surface area contributed by atoms with Gasteiger partial charge in [0.15, 0.2) is 5.13 Å². The lowest BCUT2D eigenvalue weighted by atomic mass is 9.79. The van der Waals surface area contributed by atoms with Crippen molar-refractivity contribution in [3.63, 3.8) is 0 Å². The van der Waals surface area contributed by atoms with Crippen molar-refractivity contribution in [3.05, 3.63) is 82.0 Å². The molecule has 1 aliphatic rings. The zero-order chi connectivity index (χ0) is 26.5. The fourth-order valence-electron chi connectivity index (χ4n) is 4.40. The highest BCUT2D eigenvalue weighted by Crippen LogP contribution is 2.43. The van der Waals surface area contributed by atoms with E-state index in [-0.39, 0.29) is 0 Å². The normalized spacial score (nSPS) is 13.8.